The second-order valence-corrected chi connectivity index (χ2v) is 6.72. The number of carbonyl (C=O) groups excluding carboxylic acids is 1. The van der Waals surface area contributed by atoms with Gasteiger partial charge in [-0.1, -0.05) is 0 Å². The molecule has 1 aliphatic heterocycles. The zero-order valence-corrected chi connectivity index (χ0v) is 14.0. The maximum atomic E-state index is 12.5. The first-order chi connectivity index (χ1) is 11.5. The van der Waals surface area contributed by atoms with Gasteiger partial charge in [0.2, 0.25) is 0 Å². The number of aromatic nitrogens is 1. The fourth-order valence-electron chi connectivity index (χ4n) is 2.74. The topological polar surface area (TPSA) is 102 Å². The Bertz CT molecular complexity index is 745. The molecule has 0 aliphatic carbocycles. The van der Waals surface area contributed by atoms with Gasteiger partial charge in [0.05, 0.1) is 12.0 Å². The highest BCUT2D eigenvalue weighted by atomic mass is 32.1. The highest BCUT2D eigenvalue weighted by molar-refractivity contribution is 7.13. The number of carboxylic acids is 1. The summed E-state index contributed by atoms with van der Waals surface area (Å²) in [7, 11) is 0. The first-order valence-electron chi connectivity index (χ1n) is 7.62. The van der Waals surface area contributed by atoms with Gasteiger partial charge in [-0.05, 0) is 31.9 Å². The van der Waals surface area contributed by atoms with Gasteiger partial charge in [0.25, 0.3) is 5.91 Å². The molecule has 2 N–H and O–H groups in total. The van der Waals surface area contributed by atoms with E-state index in [2.05, 4.69) is 10.3 Å². The first kappa shape index (κ1) is 16.7. The van der Waals surface area contributed by atoms with Gasteiger partial charge in [-0.2, -0.15) is 0 Å². The lowest BCUT2D eigenvalue weighted by Gasteiger charge is -2.36. The van der Waals surface area contributed by atoms with E-state index in [4.69, 9.17) is 14.3 Å². The smallest absolute Gasteiger partial charge is 0.305 e. The van der Waals surface area contributed by atoms with Crippen LogP contribution < -0.4 is 5.32 Å². The van der Waals surface area contributed by atoms with Crippen LogP contribution in [0.1, 0.15) is 35.5 Å². The van der Waals surface area contributed by atoms with Crippen LogP contribution in [0.2, 0.25) is 0 Å². The van der Waals surface area contributed by atoms with Crippen LogP contribution in [-0.4, -0.2) is 40.7 Å². The molecular weight excluding hydrogens is 332 g/mol. The molecule has 0 spiro atoms. The number of carboxylic acid groups (broad SMARTS) is 1. The van der Waals surface area contributed by atoms with E-state index in [-0.39, 0.29) is 18.0 Å². The minimum absolute atomic E-state index is 0.128. The number of hydrogen-bond donors (Lipinski definition) is 2. The molecule has 2 aromatic rings. The molecular formula is C16H18N2O5S. The molecule has 1 amide bonds. The van der Waals surface area contributed by atoms with Crippen LogP contribution in [0.15, 0.2) is 21.9 Å². The number of thiazole rings is 1. The van der Waals surface area contributed by atoms with E-state index in [9.17, 15) is 9.59 Å². The van der Waals surface area contributed by atoms with Crippen LogP contribution in [0.25, 0.3) is 10.8 Å². The molecule has 128 valence electrons. The molecule has 8 heteroatoms. The minimum atomic E-state index is -0.942. The molecule has 0 radical (unpaired) electrons. The Kier molecular flexibility index (Phi) is 4.68. The highest BCUT2D eigenvalue weighted by Gasteiger charge is 2.37. The SMILES string of the molecule is Cc1ccc(-c2nc(C(=O)NC3(CC(=O)O)CCOCC3)cs2)o1. The Balaban J connectivity index is 1.75. The Hall–Kier alpha value is -2.19. The van der Waals surface area contributed by atoms with Gasteiger partial charge < -0.3 is 19.6 Å². The zero-order chi connectivity index (χ0) is 17.2. The number of rotatable bonds is 5. The molecule has 0 atom stereocenters. The molecule has 0 bridgehead atoms. The molecule has 2 aromatic heterocycles. The van der Waals surface area contributed by atoms with Crippen LogP contribution in [0, 0.1) is 6.92 Å². The van der Waals surface area contributed by atoms with Gasteiger partial charge in [-0.3, -0.25) is 9.59 Å². The molecule has 3 heterocycles. The molecule has 1 saturated heterocycles. The minimum Gasteiger partial charge on any atom is -0.481 e. The van der Waals surface area contributed by atoms with E-state index in [1.807, 2.05) is 13.0 Å². The largest absolute Gasteiger partial charge is 0.481 e. The van der Waals surface area contributed by atoms with Crippen molar-refractivity contribution in [1.82, 2.24) is 10.3 Å². The van der Waals surface area contributed by atoms with E-state index in [0.717, 1.165) is 5.76 Å². The summed E-state index contributed by atoms with van der Waals surface area (Å²) in [4.78, 5) is 28.0. The predicted molar refractivity (Wildman–Crippen MR) is 87.1 cm³/mol. The Morgan fingerprint density at radius 1 is 1.38 bits per heavy atom. The van der Waals surface area contributed by atoms with Gasteiger partial charge in [0.15, 0.2) is 10.8 Å². The fraction of sp³-hybridized carbons (Fsp3) is 0.438. The number of nitrogens with one attached hydrogen (secondary N) is 1. The van der Waals surface area contributed by atoms with E-state index < -0.39 is 11.5 Å². The molecule has 1 fully saturated rings. The average molecular weight is 350 g/mol. The Morgan fingerprint density at radius 3 is 2.75 bits per heavy atom. The summed E-state index contributed by atoms with van der Waals surface area (Å²) in [6.07, 6.45) is 0.815. The van der Waals surface area contributed by atoms with Crippen molar-refractivity contribution >= 4 is 23.2 Å². The van der Waals surface area contributed by atoms with Crippen molar-refractivity contribution in [2.24, 2.45) is 0 Å². The van der Waals surface area contributed by atoms with Crippen LogP contribution in [0.4, 0.5) is 0 Å². The van der Waals surface area contributed by atoms with Crippen molar-refractivity contribution in [2.45, 2.75) is 31.7 Å². The lowest BCUT2D eigenvalue weighted by molar-refractivity contribution is -0.139. The van der Waals surface area contributed by atoms with Crippen LogP contribution in [-0.2, 0) is 9.53 Å². The number of furan rings is 1. The predicted octanol–water partition coefficient (Wildman–Crippen LogP) is 2.47. The number of aryl methyl sites for hydroxylation is 1. The molecule has 24 heavy (non-hydrogen) atoms. The van der Waals surface area contributed by atoms with Crippen molar-refractivity contribution in [2.75, 3.05) is 13.2 Å². The number of amides is 1. The number of carbonyl (C=O) groups is 2. The zero-order valence-electron chi connectivity index (χ0n) is 13.2. The van der Waals surface area contributed by atoms with E-state index >= 15 is 0 Å². The van der Waals surface area contributed by atoms with Crippen LogP contribution in [0.3, 0.4) is 0 Å². The highest BCUT2D eigenvalue weighted by Crippen LogP contribution is 2.28. The summed E-state index contributed by atoms with van der Waals surface area (Å²) in [5, 5.41) is 14.3. The normalized spacial score (nSPS) is 16.7. The number of hydrogen-bond acceptors (Lipinski definition) is 6. The molecule has 1 aliphatic rings. The third kappa shape index (κ3) is 3.65. The summed E-state index contributed by atoms with van der Waals surface area (Å²) in [6, 6.07) is 3.64. The van der Waals surface area contributed by atoms with Crippen LogP contribution in [0.5, 0.6) is 0 Å². The summed E-state index contributed by atoms with van der Waals surface area (Å²) < 4.78 is 10.8. The van der Waals surface area contributed by atoms with Gasteiger partial charge >= 0.3 is 5.97 Å². The van der Waals surface area contributed by atoms with Crippen molar-refractivity contribution < 1.29 is 23.8 Å². The van der Waals surface area contributed by atoms with Crippen LogP contribution >= 0.6 is 11.3 Å². The van der Waals surface area contributed by atoms with Crippen molar-refractivity contribution in [3.8, 4) is 10.8 Å². The standard InChI is InChI=1S/C16H18N2O5S/c1-10-2-3-12(23-10)15-17-11(9-24-15)14(21)18-16(8-13(19)20)4-6-22-7-5-16/h2-3,9H,4-8H2,1H3,(H,18,21)(H,19,20). The molecule has 7 nitrogen and oxygen atoms in total. The summed E-state index contributed by atoms with van der Waals surface area (Å²) >= 11 is 1.31. The molecule has 0 unspecified atom stereocenters. The summed E-state index contributed by atoms with van der Waals surface area (Å²) in [5.41, 5.74) is -0.521. The fourth-order valence-corrected chi connectivity index (χ4v) is 3.50. The van der Waals surface area contributed by atoms with Crippen molar-refractivity contribution in [3.63, 3.8) is 0 Å². The quantitative estimate of drug-likeness (QED) is 0.859. The first-order valence-corrected chi connectivity index (χ1v) is 8.50. The lowest BCUT2D eigenvalue weighted by atomic mass is 9.86. The third-order valence-electron chi connectivity index (χ3n) is 4.01. The average Bonchev–Trinajstić information content (AvgIpc) is 3.15. The molecule has 3 rings (SSSR count). The summed E-state index contributed by atoms with van der Waals surface area (Å²) in [6.45, 7) is 2.70. The summed E-state index contributed by atoms with van der Waals surface area (Å²) in [5.74, 6) is 0.0721. The lowest BCUT2D eigenvalue weighted by Crippen LogP contribution is -2.53. The van der Waals surface area contributed by atoms with E-state index in [1.165, 1.54) is 11.3 Å². The monoisotopic (exact) mass is 350 g/mol. The third-order valence-corrected chi connectivity index (χ3v) is 4.86. The van der Waals surface area contributed by atoms with Gasteiger partial charge in [-0.25, -0.2) is 4.98 Å². The Labute approximate surface area is 142 Å². The van der Waals surface area contributed by atoms with Crippen molar-refractivity contribution in [1.29, 1.82) is 0 Å². The second kappa shape index (κ2) is 6.74. The second-order valence-electron chi connectivity index (χ2n) is 5.87. The maximum absolute atomic E-state index is 12.5. The number of ether oxygens (including phenoxy) is 1. The van der Waals surface area contributed by atoms with Gasteiger partial charge in [0.1, 0.15) is 11.5 Å². The van der Waals surface area contributed by atoms with E-state index in [1.54, 1.807) is 11.4 Å². The molecule has 0 saturated carbocycles. The molecule has 0 aromatic carbocycles. The van der Waals surface area contributed by atoms with Gasteiger partial charge in [-0.15, -0.1) is 11.3 Å². The van der Waals surface area contributed by atoms with Crippen molar-refractivity contribution in [3.05, 3.63) is 29.0 Å². The van der Waals surface area contributed by atoms with E-state index in [0.29, 0.717) is 36.8 Å². The number of nitrogens with zero attached hydrogens (tertiary/aromatic N) is 1. The Morgan fingerprint density at radius 2 is 2.12 bits per heavy atom. The number of aliphatic carboxylic acids is 1. The van der Waals surface area contributed by atoms with Gasteiger partial charge in [0, 0.05) is 18.6 Å². The maximum Gasteiger partial charge on any atom is 0.305 e.